The van der Waals surface area contributed by atoms with Crippen LogP contribution in [0.25, 0.3) is 10.9 Å². The number of aryl methyl sites for hydroxylation is 1. The van der Waals surface area contributed by atoms with E-state index in [0.29, 0.717) is 12.1 Å². The second-order valence-electron chi connectivity index (χ2n) is 5.78. The zero-order chi connectivity index (χ0) is 13.8. The molecule has 3 nitrogen and oxygen atoms in total. The first-order valence-electron chi connectivity index (χ1n) is 7.72. The van der Waals surface area contributed by atoms with Gasteiger partial charge in [0.25, 0.3) is 0 Å². The van der Waals surface area contributed by atoms with Crippen molar-refractivity contribution in [1.29, 1.82) is 0 Å². The number of benzene rings is 1. The fourth-order valence-electron chi connectivity index (χ4n) is 3.07. The van der Waals surface area contributed by atoms with E-state index in [1.165, 1.54) is 17.3 Å². The van der Waals surface area contributed by atoms with Gasteiger partial charge < -0.3 is 14.6 Å². The van der Waals surface area contributed by atoms with Crippen LogP contribution in [-0.2, 0) is 11.3 Å². The van der Waals surface area contributed by atoms with Gasteiger partial charge in [0.05, 0.1) is 6.10 Å². The van der Waals surface area contributed by atoms with Gasteiger partial charge in [0, 0.05) is 30.9 Å². The normalized spacial score (nSPS) is 23.2. The van der Waals surface area contributed by atoms with E-state index in [9.17, 15) is 0 Å². The van der Waals surface area contributed by atoms with Crippen LogP contribution in [0.4, 0.5) is 0 Å². The number of rotatable bonds is 5. The van der Waals surface area contributed by atoms with E-state index in [2.05, 4.69) is 53.3 Å². The van der Waals surface area contributed by atoms with Crippen molar-refractivity contribution in [3.8, 4) is 0 Å². The Kier molecular flexibility index (Phi) is 4.38. The predicted octanol–water partition coefficient (Wildman–Crippen LogP) is 3.19. The standard InChI is InChI=1S/C17H24N2O/c1-14-13-16(8-12-20-14)18-9-4-10-19-11-7-15-5-2-3-6-17(15)19/h2-3,5-7,11,14,16,18H,4,8-10,12-13H2,1H3. The van der Waals surface area contributed by atoms with Crippen molar-refractivity contribution in [1.82, 2.24) is 9.88 Å². The summed E-state index contributed by atoms with van der Waals surface area (Å²) in [4.78, 5) is 0. The summed E-state index contributed by atoms with van der Waals surface area (Å²) >= 11 is 0. The Bertz CT molecular complexity index is 549. The van der Waals surface area contributed by atoms with Crippen molar-refractivity contribution in [2.45, 2.75) is 44.9 Å². The predicted molar refractivity (Wildman–Crippen MR) is 83.0 cm³/mol. The van der Waals surface area contributed by atoms with Crippen LogP contribution in [-0.4, -0.2) is 29.9 Å². The summed E-state index contributed by atoms with van der Waals surface area (Å²) in [7, 11) is 0. The first-order chi connectivity index (χ1) is 9.83. The van der Waals surface area contributed by atoms with Gasteiger partial charge in [0.2, 0.25) is 0 Å². The number of hydrogen-bond donors (Lipinski definition) is 1. The first kappa shape index (κ1) is 13.7. The van der Waals surface area contributed by atoms with Crippen molar-refractivity contribution in [2.75, 3.05) is 13.2 Å². The van der Waals surface area contributed by atoms with Gasteiger partial charge in [-0.25, -0.2) is 0 Å². The molecule has 2 heterocycles. The molecule has 2 aromatic rings. The number of hydrogen-bond acceptors (Lipinski definition) is 2. The van der Waals surface area contributed by atoms with Crippen LogP contribution in [0.5, 0.6) is 0 Å². The molecule has 1 saturated heterocycles. The summed E-state index contributed by atoms with van der Waals surface area (Å²) in [5.41, 5.74) is 1.34. The molecular weight excluding hydrogens is 248 g/mol. The summed E-state index contributed by atoms with van der Waals surface area (Å²) in [6, 6.07) is 11.4. The molecule has 20 heavy (non-hydrogen) atoms. The van der Waals surface area contributed by atoms with Gasteiger partial charge in [-0.05, 0) is 50.2 Å². The van der Waals surface area contributed by atoms with Crippen LogP contribution in [0.2, 0.25) is 0 Å². The summed E-state index contributed by atoms with van der Waals surface area (Å²) in [6.45, 7) is 5.24. The molecule has 108 valence electrons. The number of nitrogens with one attached hydrogen (secondary N) is 1. The Balaban J connectivity index is 1.46. The van der Waals surface area contributed by atoms with E-state index in [4.69, 9.17) is 4.74 Å². The van der Waals surface area contributed by atoms with Crippen LogP contribution in [0.15, 0.2) is 36.5 Å². The lowest BCUT2D eigenvalue weighted by atomic mass is 10.0. The SMILES string of the molecule is CC1CC(NCCCn2ccc3ccccc32)CCO1. The van der Waals surface area contributed by atoms with E-state index in [-0.39, 0.29) is 0 Å². The third kappa shape index (κ3) is 3.22. The second kappa shape index (κ2) is 6.42. The smallest absolute Gasteiger partial charge is 0.0561 e. The van der Waals surface area contributed by atoms with E-state index >= 15 is 0 Å². The lowest BCUT2D eigenvalue weighted by Gasteiger charge is -2.28. The molecule has 0 radical (unpaired) electrons. The van der Waals surface area contributed by atoms with Crippen molar-refractivity contribution in [3.63, 3.8) is 0 Å². The highest BCUT2D eigenvalue weighted by molar-refractivity contribution is 5.79. The topological polar surface area (TPSA) is 26.2 Å². The molecule has 0 spiro atoms. The Hall–Kier alpha value is -1.32. The largest absolute Gasteiger partial charge is 0.378 e. The number of aromatic nitrogens is 1. The third-order valence-electron chi connectivity index (χ3n) is 4.17. The molecule has 1 fully saturated rings. The maximum absolute atomic E-state index is 5.58. The van der Waals surface area contributed by atoms with E-state index in [0.717, 1.165) is 32.5 Å². The first-order valence-corrected chi connectivity index (χ1v) is 7.72. The van der Waals surface area contributed by atoms with Crippen molar-refractivity contribution >= 4 is 10.9 Å². The minimum Gasteiger partial charge on any atom is -0.378 e. The Morgan fingerprint density at radius 2 is 2.20 bits per heavy atom. The molecule has 1 aromatic carbocycles. The average molecular weight is 272 g/mol. The molecule has 0 bridgehead atoms. The van der Waals surface area contributed by atoms with Crippen molar-refractivity contribution in [3.05, 3.63) is 36.5 Å². The summed E-state index contributed by atoms with van der Waals surface area (Å²) in [5, 5.41) is 5.00. The van der Waals surface area contributed by atoms with E-state index in [1.807, 2.05) is 0 Å². The van der Waals surface area contributed by atoms with Crippen LogP contribution in [0.1, 0.15) is 26.2 Å². The number of para-hydroxylation sites is 1. The third-order valence-corrected chi connectivity index (χ3v) is 4.17. The molecule has 3 rings (SSSR count). The second-order valence-corrected chi connectivity index (χ2v) is 5.78. The van der Waals surface area contributed by atoms with E-state index < -0.39 is 0 Å². The Morgan fingerprint density at radius 1 is 1.30 bits per heavy atom. The minimum atomic E-state index is 0.412. The van der Waals surface area contributed by atoms with Crippen LogP contribution < -0.4 is 5.32 Å². The fraction of sp³-hybridized carbons (Fsp3) is 0.529. The van der Waals surface area contributed by atoms with Gasteiger partial charge in [-0.15, -0.1) is 0 Å². The lowest BCUT2D eigenvalue weighted by Crippen LogP contribution is -2.38. The zero-order valence-corrected chi connectivity index (χ0v) is 12.2. The number of nitrogens with zero attached hydrogens (tertiary/aromatic N) is 1. The molecule has 1 aliphatic rings. The molecule has 1 aromatic heterocycles. The molecule has 0 saturated carbocycles. The molecule has 1 aliphatic heterocycles. The Morgan fingerprint density at radius 3 is 3.10 bits per heavy atom. The molecule has 2 atom stereocenters. The molecule has 3 heteroatoms. The molecule has 0 aliphatic carbocycles. The van der Waals surface area contributed by atoms with Gasteiger partial charge in [-0.1, -0.05) is 18.2 Å². The van der Waals surface area contributed by atoms with Gasteiger partial charge in [0.15, 0.2) is 0 Å². The molecule has 1 N–H and O–H groups in total. The van der Waals surface area contributed by atoms with Gasteiger partial charge in [0.1, 0.15) is 0 Å². The highest BCUT2D eigenvalue weighted by atomic mass is 16.5. The van der Waals surface area contributed by atoms with Gasteiger partial charge in [-0.3, -0.25) is 0 Å². The maximum atomic E-state index is 5.58. The lowest BCUT2D eigenvalue weighted by molar-refractivity contribution is 0.0133. The summed E-state index contributed by atoms with van der Waals surface area (Å²) in [5.74, 6) is 0. The summed E-state index contributed by atoms with van der Waals surface area (Å²) < 4.78 is 7.93. The molecular formula is C17H24N2O. The van der Waals surface area contributed by atoms with Crippen LogP contribution in [0.3, 0.4) is 0 Å². The van der Waals surface area contributed by atoms with Crippen molar-refractivity contribution < 1.29 is 4.74 Å². The maximum Gasteiger partial charge on any atom is 0.0561 e. The quantitative estimate of drug-likeness (QED) is 0.846. The Labute approximate surface area is 120 Å². The molecule has 0 amide bonds. The molecule has 2 unspecified atom stereocenters. The number of fused-ring (bicyclic) bond motifs is 1. The van der Waals surface area contributed by atoms with Gasteiger partial charge in [-0.2, -0.15) is 0 Å². The average Bonchev–Trinajstić information content (AvgIpc) is 2.87. The van der Waals surface area contributed by atoms with E-state index in [1.54, 1.807) is 0 Å². The minimum absolute atomic E-state index is 0.412. The number of ether oxygens (including phenoxy) is 1. The fourth-order valence-corrected chi connectivity index (χ4v) is 3.07. The monoisotopic (exact) mass is 272 g/mol. The van der Waals surface area contributed by atoms with Crippen LogP contribution in [0, 0.1) is 0 Å². The van der Waals surface area contributed by atoms with Crippen molar-refractivity contribution in [2.24, 2.45) is 0 Å². The van der Waals surface area contributed by atoms with Gasteiger partial charge >= 0.3 is 0 Å². The summed E-state index contributed by atoms with van der Waals surface area (Å²) in [6.07, 6.45) is 6.07. The highest BCUT2D eigenvalue weighted by Gasteiger charge is 2.18. The highest BCUT2D eigenvalue weighted by Crippen LogP contribution is 2.16. The van der Waals surface area contributed by atoms with Crippen LogP contribution >= 0.6 is 0 Å². The zero-order valence-electron chi connectivity index (χ0n) is 12.2.